The second-order valence-electron chi connectivity index (χ2n) is 3.31. The van der Waals surface area contributed by atoms with E-state index in [1.807, 2.05) is 18.2 Å². The maximum atomic E-state index is 10.0. The predicted octanol–water partition coefficient (Wildman–Crippen LogP) is 2.76. The Labute approximate surface area is 111 Å². The van der Waals surface area contributed by atoms with E-state index in [-0.39, 0.29) is 6.61 Å². The molecule has 0 aliphatic carbocycles. The van der Waals surface area contributed by atoms with Crippen LogP contribution in [0.1, 0.15) is 5.82 Å². The number of carbonyl (C=O) groups is 1. The van der Waals surface area contributed by atoms with Crippen LogP contribution in [0.25, 0.3) is 10.9 Å². The lowest BCUT2D eigenvalue weighted by atomic mass is 10.2. The molecule has 6 heteroatoms. The molecule has 1 aromatic carbocycles. The van der Waals surface area contributed by atoms with Gasteiger partial charge in [-0.25, -0.2) is 9.97 Å². The van der Waals surface area contributed by atoms with E-state index in [0.717, 1.165) is 15.4 Å². The molecule has 0 radical (unpaired) electrons. The number of nitrogens with zero attached hydrogens (tertiary/aromatic N) is 2. The lowest BCUT2D eigenvalue weighted by Gasteiger charge is -2.04. The summed E-state index contributed by atoms with van der Waals surface area (Å²) in [6.45, 7) is 0.651. The van der Waals surface area contributed by atoms with Gasteiger partial charge < -0.3 is 4.74 Å². The van der Waals surface area contributed by atoms with Crippen LogP contribution in [-0.2, 0) is 16.0 Å². The Balaban J connectivity index is 2.36. The van der Waals surface area contributed by atoms with Crippen molar-refractivity contribution in [2.75, 3.05) is 6.61 Å². The lowest BCUT2D eigenvalue weighted by Crippen LogP contribution is -2.02. The summed E-state index contributed by atoms with van der Waals surface area (Å²) in [5.41, 5.74) is 0.764. The average molecular weight is 316 g/mol. The molecule has 88 valence electrons. The van der Waals surface area contributed by atoms with Gasteiger partial charge in [-0.1, -0.05) is 27.5 Å². The first kappa shape index (κ1) is 12.3. The highest BCUT2D eigenvalue weighted by atomic mass is 79.9. The van der Waals surface area contributed by atoms with Gasteiger partial charge in [0.2, 0.25) is 0 Å². The van der Waals surface area contributed by atoms with Gasteiger partial charge in [0, 0.05) is 16.3 Å². The number of aromatic nitrogens is 2. The number of ether oxygens (including phenoxy) is 1. The molecule has 4 nitrogen and oxygen atoms in total. The summed E-state index contributed by atoms with van der Waals surface area (Å²) in [6, 6.07) is 5.60. The Kier molecular flexibility index (Phi) is 3.91. The van der Waals surface area contributed by atoms with Crippen LogP contribution in [0, 0.1) is 0 Å². The van der Waals surface area contributed by atoms with Crippen molar-refractivity contribution in [3.63, 3.8) is 0 Å². The van der Waals surface area contributed by atoms with Gasteiger partial charge in [0.05, 0.1) is 12.1 Å². The zero-order valence-electron chi connectivity index (χ0n) is 8.69. The third kappa shape index (κ3) is 2.92. The fourth-order valence-electron chi connectivity index (χ4n) is 1.42. The molecule has 2 aromatic rings. The second-order valence-corrected chi connectivity index (χ2v) is 4.58. The molecule has 0 fully saturated rings. The van der Waals surface area contributed by atoms with Gasteiger partial charge in [-0.2, -0.15) is 0 Å². The van der Waals surface area contributed by atoms with Crippen LogP contribution in [0.2, 0.25) is 5.15 Å². The molecule has 17 heavy (non-hydrogen) atoms. The topological polar surface area (TPSA) is 52.1 Å². The predicted molar refractivity (Wildman–Crippen MR) is 68.0 cm³/mol. The summed E-state index contributed by atoms with van der Waals surface area (Å²) < 4.78 is 5.53. The fraction of sp³-hybridized carbons (Fsp3) is 0.182. The minimum Gasteiger partial charge on any atom is -0.467 e. The first-order chi connectivity index (χ1) is 8.20. The van der Waals surface area contributed by atoms with Gasteiger partial charge >= 0.3 is 0 Å². The number of hydrogen-bond acceptors (Lipinski definition) is 4. The molecule has 0 unspecified atom stereocenters. The smallest absolute Gasteiger partial charge is 0.293 e. The van der Waals surface area contributed by atoms with Crippen molar-refractivity contribution in [3.8, 4) is 0 Å². The third-order valence-electron chi connectivity index (χ3n) is 2.17. The summed E-state index contributed by atoms with van der Waals surface area (Å²) in [4.78, 5) is 18.5. The SMILES string of the molecule is O=COCCc1nc(Cl)c2ccc(Br)cc2n1. The lowest BCUT2D eigenvalue weighted by molar-refractivity contribution is -0.128. The second kappa shape index (κ2) is 5.42. The standard InChI is InChI=1S/C11H8BrClN2O2/c12-7-1-2-8-9(5-7)14-10(15-11(8)13)3-4-17-6-16/h1-2,5-6H,3-4H2. The number of hydrogen-bond donors (Lipinski definition) is 0. The van der Waals surface area contributed by atoms with Crippen molar-refractivity contribution in [2.45, 2.75) is 6.42 Å². The Hall–Kier alpha value is -1.20. The first-order valence-corrected chi connectivity index (χ1v) is 6.05. The summed E-state index contributed by atoms with van der Waals surface area (Å²) >= 11 is 9.42. The zero-order chi connectivity index (χ0) is 12.3. The van der Waals surface area contributed by atoms with E-state index >= 15 is 0 Å². The molecular weight excluding hydrogens is 307 g/mol. The fourth-order valence-corrected chi connectivity index (χ4v) is 2.03. The van der Waals surface area contributed by atoms with E-state index in [1.54, 1.807) is 0 Å². The Bertz CT molecular complexity index is 562. The summed E-state index contributed by atoms with van der Waals surface area (Å²) in [6.07, 6.45) is 0.445. The highest BCUT2D eigenvalue weighted by Crippen LogP contribution is 2.23. The van der Waals surface area contributed by atoms with Crippen molar-refractivity contribution in [2.24, 2.45) is 0 Å². The maximum absolute atomic E-state index is 10.0. The molecule has 0 atom stereocenters. The Morgan fingerprint density at radius 3 is 3.00 bits per heavy atom. The van der Waals surface area contributed by atoms with Gasteiger partial charge in [0.1, 0.15) is 11.0 Å². The normalized spacial score (nSPS) is 10.5. The van der Waals surface area contributed by atoms with E-state index in [0.29, 0.717) is 23.9 Å². The maximum Gasteiger partial charge on any atom is 0.293 e. The number of halogens is 2. The molecule has 0 N–H and O–H groups in total. The quantitative estimate of drug-likeness (QED) is 0.494. The van der Waals surface area contributed by atoms with E-state index in [4.69, 9.17) is 11.6 Å². The number of benzene rings is 1. The largest absolute Gasteiger partial charge is 0.467 e. The van der Waals surface area contributed by atoms with Gasteiger partial charge in [-0.15, -0.1) is 0 Å². The van der Waals surface area contributed by atoms with Crippen LogP contribution in [0.5, 0.6) is 0 Å². The molecule has 1 heterocycles. The van der Waals surface area contributed by atoms with E-state index in [9.17, 15) is 4.79 Å². The highest BCUT2D eigenvalue weighted by Gasteiger charge is 2.06. The van der Waals surface area contributed by atoms with Crippen LogP contribution in [0.4, 0.5) is 0 Å². The van der Waals surface area contributed by atoms with Crippen LogP contribution in [0.15, 0.2) is 22.7 Å². The van der Waals surface area contributed by atoms with E-state index < -0.39 is 0 Å². The van der Waals surface area contributed by atoms with Crippen molar-refractivity contribution in [1.82, 2.24) is 9.97 Å². The van der Waals surface area contributed by atoms with Gasteiger partial charge in [0.15, 0.2) is 0 Å². The van der Waals surface area contributed by atoms with Crippen molar-refractivity contribution >= 4 is 44.9 Å². The molecule has 0 bridgehead atoms. The summed E-state index contributed by atoms with van der Waals surface area (Å²) in [5, 5.41) is 1.21. The van der Waals surface area contributed by atoms with Gasteiger partial charge in [-0.3, -0.25) is 4.79 Å². The molecule has 2 rings (SSSR count). The molecule has 1 aromatic heterocycles. The van der Waals surface area contributed by atoms with E-state index in [1.165, 1.54) is 0 Å². The van der Waals surface area contributed by atoms with Crippen LogP contribution in [-0.4, -0.2) is 23.0 Å². The van der Waals surface area contributed by atoms with Crippen molar-refractivity contribution in [3.05, 3.63) is 33.6 Å². The molecule has 0 aliphatic heterocycles. The Morgan fingerprint density at radius 2 is 2.24 bits per heavy atom. The van der Waals surface area contributed by atoms with Crippen molar-refractivity contribution in [1.29, 1.82) is 0 Å². The van der Waals surface area contributed by atoms with E-state index in [2.05, 4.69) is 30.6 Å². The zero-order valence-corrected chi connectivity index (χ0v) is 11.0. The highest BCUT2D eigenvalue weighted by molar-refractivity contribution is 9.10. The Morgan fingerprint density at radius 1 is 1.41 bits per heavy atom. The number of carbonyl (C=O) groups excluding carboxylic acids is 1. The first-order valence-electron chi connectivity index (χ1n) is 4.87. The van der Waals surface area contributed by atoms with Crippen LogP contribution < -0.4 is 0 Å². The van der Waals surface area contributed by atoms with Crippen LogP contribution >= 0.6 is 27.5 Å². The summed E-state index contributed by atoms with van der Waals surface area (Å²) in [7, 11) is 0. The number of fused-ring (bicyclic) bond motifs is 1. The average Bonchev–Trinajstić information content (AvgIpc) is 2.28. The van der Waals surface area contributed by atoms with Crippen LogP contribution in [0.3, 0.4) is 0 Å². The molecular formula is C11H8BrClN2O2. The van der Waals surface area contributed by atoms with Gasteiger partial charge in [-0.05, 0) is 18.2 Å². The molecule has 0 amide bonds. The minimum atomic E-state index is 0.249. The van der Waals surface area contributed by atoms with Crippen molar-refractivity contribution < 1.29 is 9.53 Å². The monoisotopic (exact) mass is 314 g/mol. The molecule has 0 spiro atoms. The minimum absolute atomic E-state index is 0.249. The third-order valence-corrected chi connectivity index (χ3v) is 2.95. The van der Waals surface area contributed by atoms with Gasteiger partial charge in [0.25, 0.3) is 6.47 Å². The summed E-state index contributed by atoms with van der Waals surface area (Å²) in [5.74, 6) is 0.558. The molecule has 0 saturated carbocycles. The molecule has 0 saturated heterocycles. The molecule has 0 aliphatic rings. The number of rotatable bonds is 4.